The van der Waals surface area contributed by atoms with Crippen LogP contribution in [0.4, 0.5) is 0 Å². The van der Waals surface area contributed by atoms with Crippen molar-refractivity contribution in [2.75, 3.05) is 5.75 Å². The van der Waals surface area contributed by atoms with Gasteiger partial charge in [-0.05, 0) is 30.9 Å². The fourth-order valence-electron chi connectivity index (χ4n) is 2.47. The molecule has 0 radical (unpaired) electrons. The number of hydrogen-bond acceptors (Lipinski definition) is 2. The third-order valence-electron chi connectivity index (χ3n) is 3.66. The largest absolute Gasteiger partial charge is 0.293 e. The van der Waals surface area contributed by atoms with E-state index in [1.165, 1.54) is 37.7 Å². The molecule has 98 valence electrons. The third kappa shape index (κ3) is 3.88. The number of carbonyl (C=O) groups excluding carboxylic acids is 1. The molecular weight excluding hydrogens is 240 g/mol. The lowest BCUT2D eigenvalue weighted by Gasteiger charge is -2.20. The molecule has 18 heavy (non-hydrogen) atoms. The molecule has 1 aliphatic carbocycles. The lowest BCUT2D eigenvalue weighted by molar-refractivity contribution is 0.102. The minimum Gasteiger partial charge on any atom is -0.293 e. The van der Waals surface area contributed by atoms with Gasteiger partial charge in [-0.3, -0.25) is 4.79 Å². The van der Waals surface area contributed by atoms with E-state index in [0.29, 0.717) is 11.5 Å². The molecule has 1 aliphatic rings. The molecule has 1 fully saturated rings. The summed E-state index contributed by atoms with van der Waals surface area (Å²) in [5.41, 5.74) is 2.14. The minimum atomic E-state index is 0.292. The molecule has 0 spiro atoms. The number of benzene rings is 1. The Balaban J connectivity index is 1.86. The predicted octanol–water partition coefficient (Wildman–Crippen LogP) is 4.50. The standard InChI is InChI=1S/C16H22OS/c1-2-13-7-6-8-14(11-13)16(17)12-18-15-9-4-3-5-10-15/h6-8,11,15H,2-5,9-10,12H2,1H3. The van der Waals surface area contributed by atoms with Crippen molar-refractivity contribution in [2.45, 2.75) is 50.7 Å². The number of Topliss-reactive ketones (excluding diaryl/α,β-unsaturated/α-hetero) is 1. The van der Waals surface area contributed by atoms with Crippen LogP contribution in [0.2, 0.25) is 0 Å². The highest BCUT2D eigenvalue weighted by atomic mass is 32.2. The summed E-state index contributed by atoms with van der Waals surface area (Å²) in [6, 6.07) is 8.08. The Morgan fingerprint density at radius 3 is 2.78 bits per heavy atom. The lowest BCUT2D eigenvalue weighted by Crippen LogP contribution is -2.12. The van der Waals surface area contributed by atoms with Crippen molar-refractivity contribution >= 4 is 17.5 Å². The van der Waals surface area contributed by atoms with Crippen LogP contribution in [0.25, 0.3) is 0 Å². The van der Waals surface area contributed by atoms with Gasteiger partial charge >= 0.3 is 0 Å². The summed E-state index contributed by atoms with van der Waals surface area (Å²) in [5.74, 6) is 0.943. The van der Waals surface area contributed by atoms with Crippen molar-refractivity contribution in [3.8, 4) is 0 Å². The highest BCUT2D eigenvalue weighted by Gasteiger charge is 2.15. The van der Waals surface area contributed by atoms with E-state index in [1.807, 2.05) is 30.0 Å². The third-order valence-corrected chi connectivity index (χ3v) is 5.03. The van der Waals surface area contributed by atoms with E-state index in [0.717, 1.165) is 17.2 Å². The number of aryl methyl sites for hydroxylation is 1. The van der Waals surface area contributed by atoms with Crippen LogP contribution in [0.15, 0.2) is 24.3 Å². The molecule has 0 unspecified atom stereocenters. The van der Waals surface area contributed by atoms with Gasteiger partial charge in [0, 0.05) is 10.8 Å². The number of rotatable bonds is 5. The van der Waals surface area contributed by atoms with Gasteiger partial charge in [0.25, 0.3) is 0 Å². The van der Waals surface area contributed by atoms with E-state index < -0.39 is 0 Å². The molecule has 0 bridgehead atoms. The summed E-state index contributed by atoms with van der Waals surface area (Å²) < 4.78 is 0. The van der Waals surface area contributed by atoms with Crippen LogP contribution in [0.5, 0.6) is 0 Å². The van der Waals surface area contributed by atoms with Crippen LogP contribution in [0, 0.1) is 0 Å². The van der Waals surface area contributed by atoms with Crippen LogP contribution in [0.1, 0.15) is 54.9 Å². The fourth-order valence-corrected chi connectivity index (χ4v) is 3.69. The second kappa shape index (κ2) is 6.98. The van der Waals surface area contributed by atoms with Gasteiger partial charge < -0.3 is 0 Å². The van der Waals surface area contributed by atoms with Crippen LogP contribution in [0.3, 0.4) is 0 Å². The molecule has 0 amide bonds. The van der Waals surface area contributed by atoms with Gasteiger partial charge in [-0.2, -0.15) is 11.8 Å². The van der Waals surface area contributed by atoms with Gasteiger partial charge in [-0.1, -0.05) is 44.4 Å². The van der Waals surface area contributed by atoms with Gasteiger partial charge in [-0.15, -0.1) is 0 Å². The van der Waals surface area contributed by atoms with Gasteiger partial charge in [0.05, 0.1) is 5.75 Å². The maximum atomic E-state index is 12.1. The molecule has 1 aromatic carbocycles. The van der Waals surface area contributed by atoms with Crippen LogP contribution < -0.4 is 0 Å². The quantitative estimate of drug-likeness (QED) is 0.727. The second-order valence-electron chi connectivity index (χ2n) is 5.05. The first-order valence-corrected chi connectivity index (χ1v) is 8.08. The Kier molecular flexibility index (Phi) is 5.30. The summed E-state index contributed by atoms with van der Waals surface area (Å²) in [6.07, 6.45) is 7.66. The summed E-state index contributed by atoms with van der Waals surface area (Å²) in [4.78, 5) is 12.1. The molecule has 0 atom stereocenters. The number of ketones is 1. The Morgan fingerprint density at radius 1 is 1.28 bits per heavy atom. The van der Waals surface area contributed by atoms with Gasteiger partial charge in [0.2, 0.25) is 0 Å². The van der Waals surface area contributed by atoms with E-state index in [9.17, 15) is 4.79 Å². The Morgan fingerprint density at radius 2 is 2.06 bits per heavy atom. The average molecular weight is 262 g/mol. The molecule has 0 heterocycles. The van der Waals surface area contributed by atoms with Crippen molar-refractivity contribution in [3.63, 3.8) is 0 Å². The summed E-state index contributed by atoms with van der Waals surface area (Å²) in [5, 5.41) is 0.719. The zero-order valence-electron chi connectivity index (χ0n) is 11.2. The van der Waals surface area contributed by atoms with Crippen molar-refractivity contribution in [1.29, 1.82) is 0 Å². The summed E-state index contributed by atoms with van der Waals surface area (Å²) >= 11 is 1.86. The lowest BCUT2D eigenvalue weighted by atomic mass is 10.0. The van der Waals surface area contributed by atoms with Crippen LogP contribution >= 0.6 is 11.8 Å². The normalized spacial score (nSPS) is 16.7. The highest BCUT2D eigenvalue weighted by molar-refractivity contribution is 8.00. The van der Waals surface area contributed by atoms with Crippen molar-refractivity contribution in [1.82, 2.24) is 0 Å². The van der Waals surface area contributed by atoms with Gasteiger partial charge in [0.15, 0.2) is 5.78 Å². The number of thioether (sulfide) groups is 1. The van der Waals surface area contributed by atoms with Crippen molar-refractivity contribution < 1.29 is 4.79 Å². The topological polar surface area (TPSA) is 17.1 Å². The van der Waals surface area contributed by atoms with Crippen LogP contribution in [-0.2, 0) is 6.42 Å². The van der Waals surface area contributed by atoms with Crippen LogP contribution in [-0.4, -0.2) is 16.8 Å². The predicted molar refractivity (Wildman–Crippen MR) is 79.5 cm³/mol. The molecule has 1 saturated carbocycles. The number of hydrogen-bond donors (Lipinski definition) is 0. The van der Waals surface area contributed by atoms with E-state index in [4.69, 9.17) is 0 Å². The highest BCUT2D eigenvalue weighted by Crippen LogP contribution is 2.28. The SMILES string of the molecule is CCc1cccc(C(=O)CSC2CCCCC2)c1. The molecule has 0 aromatic heterocycles. The number of carbonyl (C=O) groups is 1. The molecule has 2 heteroatoms. The Labute approximate surface area is 114 Å². The minimum absolute atomic E-state index is 0.292. The van der Waals surface area contributed by atoms with E-state index in [1.54, 1.807) is 0 Å². The molecular formula is C16H22OS. The first-order chi connectivity index (χ1) is 8.79. The molecule has 0 aliphatic heterocycles. The molecule has 1 nitrogen and oxygen atoms in total. The van der Waals surface area contributed by atoms with E-state index >= 15 is 0 Å². The maximum Gasteiger partial charge on any atom is 0.172 e. The smallest absolute Gasteiger partial charge is 0.172 e. The Hall–Kier alpha value is -0.760. The molecule has 0 saturated heterocycles. The zero-order valence-corrected chi connectivity index (χ0v) is 12.0. The van der Waals surface area contributed by atoms with E-state index in [-0.39, 0.29) is 0 Å². The Bertz CT molecular complexity index is 394. The average Bonchev–Trinajstić information content (AvgIpc) is 2.46. The summed E-state index contributed by atoms with van der Waals surface area (Å²) in [6.45, 7) is 2.13. The van der Waals surface area contributed by atoms with Crippen molar-refractivity contribution in [2.24, 2.45) is 0 Å². The fraction of sp³-hybridized carbons (Fsp3) is 0.562. The summed E-state index contributed by atoms with van der Waals surface area (Å²) in [7, 11) is 0. The van der Waals surface area contributed by atoms with E-state index in [2.05, 4.69) is 13.0 Å². The second-order valence-corrected chi connectivity index (χ2v) is 6.34. The monoisotopic (exact) mass is 262 g/mol. The molecule has 0 N–H and O–H groups in total. The van der Waals surface area contributed by atoms with Gasteiger partial charge in [-0.25, -0.2) is 0 Å². The van der Waals surface area contributed by atoms with Gasteiger partial charge in [0.1, 0.15) is 0 Å². The van der Waals surface area contributed by atoms with Crippen molar-refractivity contribution in [3.05, 3.63) is 35.4 Å². The first-order valence-electron chi connectivity index (χ1n) is 7.03. The molecule has 1 aromatic rings. The maximum absolute atomic E-state index is 12.1. The first kappa shape index (κ1) is 13.7. The molecule has 2 rings (SSSR count). The zero-order chi connectivity index (χ0) is 12.8.